The van der Waals surface area contributed by atoms with Crippen LogP contribution >= 0.6 is 11.6 Å². The predicted molar refractivity (Wildman–Crippen MR) is 79.1 cm³/mol. The van der Waals surface area contributed by atoms with Gasteiger partial charge in [-0.15, -0.1) is 0 Å². The lowest BCUT2D eigenvalue weighted by Gasteiger charge is -2.34. The van der Waals surface area contributed by atoms with E-state index >= 15 is 0 Å². The Balaban J connectivity index is 1.74. The van der Waals surface area contributed by atoms with Gasteiger partial charge in [-0.25, -0.2) is 0 Å². The van der Waals surface area contributed by atoms with Gasteiger partial charge in [0.2, 0.25) is 0 Å². The highest BCUT2D eigenvalue weighted by Crippen LogP contribution is 2.25. The molecule has 1 aromatic rings. The van der Waals surface area contributed by atoms with Gasteiger partial charge in [-0.3, -0.25) is 4.79 Å². The summed E-state index contributed by atoms with van der Waals surface area (Å²) >= 11 is 6.01. The first-order chi connectivity index (χ1) is 9.48. The molecule has 0 saturated carbocycles. The molecule has 2 rings (SSSR count). The second kappa shape index (κ2) is 6.70. The van der Waals surface area contributed by atoms with Crippen LogP contribution in [0.2, 0.25) is 5.02 Å². The molecule has 20 heavy (non-hydrogen) atoms. The minimum Gasteiger partial charge on any atom is -0.352 e. The number of carbonyl (C=O) groups excluding carboxylic acids is 1. The van der Waals surface area contributed by atoms with Crippen LogP contribution in [0.4, 0.5) is 0 Å². The molecule has 0 aliphatic carbocycles. The maximum atomic E-state index is 12.0. The molecule has 1 aromatic carbocycles. The third kappa shape index (κ3) is 4.30. The lowest BCUT2D eigenvalue weighted by molar-refractivity contribution is -0.223. The van der Waals surface area contributed by atoms with E-state index < -0.39 is 0 Å². The first-order valence-electron chi connectivity index (χ1n) is 6.99. The number of ether oxygens (including phenoxy) is 2. The van der Waals surface area contributed by atoms with E-state index in [1.54, 1.807) is 12.1 Å². The van der Waals surface area contributed by atoms with Crippen molar-refractivity contribution in [2.75, 3.05) is 13.2 Å². The van der Waals surface area contributed by atoms with Crippen LogP contribution in [0.3, 0.4) is 0 Å². The Labute approximate surface area is 125 Å². The molecule has 0 N–H and O–H groups in total. The molecule has 1 heterocycles. The van der Waals surface area contributed by atoms with Crippen LogP contribution in [0.25, 0.3) is 0 Å². The Morgan fingerprint density at radius 1 is 1.30 bits per heavy atom. The van der Waals surface area contributed by atoms with Gasteiger partial charge in [-0.2, -0.15) is 0 Å². The van der Waals surface area contributed by atoms with Gasteiger partial charge in [0.25, 0.3) is 0 Å². The van der Waals surface area contributed by atoms with Crippen molar-refractivity contribution in [1.82, 2.24) is 0 Å². The molecular formula is C16H21ClO3. The van der Waals surface area contributed by atoms with Crippen molar-refractivity contribution in [2.45, 2.75) is 39.4 Å². The quantitative estimate of drug-likeness (QED) is 0.768. The van der Waals surface area contributed by atoms with Gasteiger partial charge in [0.05, 0.1) is 18.2 Å². The molecule has 110 valence electrons. The Kier molecular flexibility index (Phi) is 5.19. The first kappa shape index (κ1) is 15.5. The van der Waals surface area contributed by atoms with E-state index in [1.165, 1.54) is 0 Å². The number of rotatable bonds is 5. The fourth-order valence-electron chi connectivity index (χ4n) is 2.14. The van der Waals surface area contributed by atoms with Crippen LogP contribution in [0.15, 0.2) is 24.3 Å². The van der Waals surface area contributed by atoms with Gasteiger partial charge in [0.15, 0.2) is 12.1 Å². The summed E-state index contributed by atoms with van der Waals surface area (Å²) in [5, 5.41) is 0.518. The number of hydrogen-bond acceptors (Lipinski definition) is 3. The van der Waals surface area contributed by atoms with Crippen molar-refractivity contribution in [3.8, 4) is 0 Å². The molecule has 1 saturated heterocycles. The van der Waals surface area contributed by atoms with Crippen molar-refractivity contribution in [3.05, 3.63) is 34.9 Å². The van der Waals surface area contributed by atoms with Gasteiger partial charge in [0.1, 0.15) is 0 Å². The summed E-state index contributed by atoms with van der Waals surface area (Å²) in [6, 6.07) is 7.16. The van der Waals surface area contributed by atoms with E-state index in [-0.39, 0.29) is 17.5 Å². The number of halogens is 1. The van der Waals surface area contributed by atoms with Crippen LogP contribution < -0.4 is 0 Å². The summed E-state index contributed by atoms with van der Waals surface area (Å²) in [6.45, 7) is 5.64. The predicted octanol–water partition coefficient (Wildman–Crippen LogP) is 4.09. The Bertz CT molecular complexity index is 461. The molecular weight excluding hydrogens is 276 g/mol. The van der Waals surface area contributed by atoms with Crippen LogP contribution in [-0.2, 0) is 9.47 Å². The maximum Gasteiger partial charge on any atom is 0.164 e. The SMILES string of the molecule is CC1(C)COC(CCCC(=O)c2ccccc2Cl)OC1. The van der Waals surface area contributed by atoms with E-state index in [4.69, 9.17) is 21.1 Å². The minimum atomic E-state index is -0.179. The molecule has 1 aliphatic rings. The first-order valence-corrected chi connectivity index (χ1v) is 7.37. The highest BCUT2D eigenvalue weighted by molar-refractivity contribution is 6.33. The largest absolute Gasteiger partial charge is 0.352 e. The van der Waals surface area contributed by atoms with Crippen molar-refractivity contribution < 1.29 is 14.3 Å². The highest BCUT2D eigenvalue weighted by Gasteiger charge is 2.28. The summed E-state index contributed by atoms with van der Waals surface area (Å²) in [7, 11) is 0. The lowest BCUT2D eigenvalue weighted by atomic mass is 9.95. The molecule has 0 bridgehead atoms. The number of benzene rings is 1. The number of Topliss-reactive ketones (excluding diaryl/α,β-unsaturated/α-hetero) is 1. The molecule has 3 nitrogen and oxygen atoms in total. The summed E-state index contributed by atoms with van der Waals surface area (Å²) in [4.78, 5) is 12.0. The average Bonchev–Trinajstić information content (AvgIpc) is 2.41. The maximum absolute atomic E-state index is 12.0. The average molecular weight is 297 g/mol. The van der Waals surface area contributed by atoms with Gasteiger partial charge >= 0.3 is 0 Å². The topological polar surface area (TPSA) is 35.5 Å². The summed E-state index contributed by atoms with van der Waals surface area (Å²) < 4.78 is 11.3. The van der Waals surface area contributed by atoms with E-state index in [2.05, 4.69) is 13.8 Å². The van der Waals surface area contributed by atoms with Crippen LogP contribution in [0.1, 0.15) is 43.5 Å². The normalized spacial score (nSPS) is 18.9. The van der Waals surface area contributed by atoms with Gasteiger partial charge in [-0.1, -0.05) is 37.6 Å². The van der Waals surface area contributed by atoms with Crippen molar-refractivity contribution in [1.29, 1.82) is 0 Å². The van der Waals surface area contributed by atoms with Gasteiger partial charge < -0.3 is 9.47 Å². The van der Waals surface area contributed by atoms with E-state index in [0.29, 0.717) is 30.2 Å². The van der Waals surface area contributed by atoms with Gasteiger partial charge in [-0.05, 0) is 25.0 Å². The molecule has 0 radical (unpaired) electrons. The van der Waals surface area contributed by atoms with E-state index in [1.807, 2.05) is 12.1 Å². The molecule has 0 spiro atoms. The standard InChI is InChI=1S/C16H21ClO3/c1-16(2)10-19-15(20-11-16)9-5-8-14(18)12-6-3-4-7-13(12)17/h3-4,6-7,15H,5,8-11H2,1-2H3. The Morgan fingerprint density at radius 3 is 2.60 bits per heavy atom. The number of carbonyl (C=O) groups is 1. The molecule has 4 heteroatoms. The fraction of sp³-hybridized carbons (Fsp3) is 0.562. The number of hydrogen-bond donors (Lipinski definition) is 0. The van der Waals surface area contributed by atoms with E-state index in [9.17, 15) is 4.79 Å². The molecule has 0 amide bonds. The minimum absolute atomic E-state index is 0.0757. The Hall–Kier alpha value is -0.900. The van der Waals surface area contributed by atoms with Crippen molar-refractivity contribution >= 4 is 17.4 Å². The zero-order valence-electron chi connectivity index (χ0n) is 12.0. The third-order valence-electron chi connectivity index (χ3n) is 3.34. The second-order valence-electron chi connectivity index (χ2n) is 6.01. The monoisotopic (exact) mass is 296 g/mol. The van der Waals surface area contributed by atoms with Crippen molar-refractivity contribution in [3.63, 3.8) is 0 Å². The molecule has 0 unspecified atom stereocenters. The molecule has 0 atom stereocenters. The smallest absolute Gasteiger partial charge is 0.164 e. The lowest BCUT2D eigenvalue weighted by Crippen LogP contribution is -2.37. The van der Waals surface area contributed by atoms with Gasteiger partial charge in [0, 0.05) is 17.4 Å². The molecule has 0 aromatic heterocycles. The van der Waals surface area contributed by atoms with Crippen molar-refractivity contribution in [2.24, 2.45) is 5.41 Å². The Morgan fingerprint density at radius 2 is 1.95 bits per heavy atom. The third-order valence-corrected chi connectivity index (χ3v) is 3.67. The zero-order chi connectivity index (χ0) is 14.6. The van der Waals surface area contributed by atoms with Crippen LogP contribution in [0, 0.1) is 5.41 Å². The summed E-state index contributed by atoms with van der Waals surface area (Å²) in [6.07, 6.45) is 1.78. The highest BCUT2D eigenvalue weighted by atomic mass is 35.5. The summed E-state index contributed by atoms with van der Waals surface area (Å²) in [5.74, 6) is 0.0757. The van der Waals surface area contributed by atoms with Crippen LogP contribution in [-0.4, -0.2) is 25.3 Å². The fourth-order valence-corrected chi connectivity index (χ4v) is 2.39. The zero-order valence-corrected chi connectivity index (χ0v) is 12.8. The van der Waals surface area contributed by atoms with Crippen LogP contribution in [0.5, 0.6) is 0 Å². The summed E-state index contributed by atoms with van der Waals surface area (Å²) in [5.41, 5.74) is 0.685. The molecule has 1 aliphatic heterocycles. The molecule has 1 fully saturated rings. The number of ketones is 1. The second-order valence-corrected chi connectivity index (χ2v) is 6.42. The van der Waals surface area contributed by atoms with E-state index in [0.717, 1.165) is 12.8 Å².